The topological polar surface area (TPSA) is 23.6 Å². The quantitative estimate of drug-likeness (QED) is 0.795. The number of anilines is 1. The summed E-state index contributed by atoms with van der Waals surface area (Å²) in [5, 5.41) is 0. The third-order valence-electron chi connectivity index (χ3n) is 4.73. The van der Waals surface area contributed by atoms with E-state index in [4.69, 9.17) is 0 Å². The largest absolute Gasteiger partial charge is 0.307 e. The van der Waals surface area contributed by atoms with E-state index in [0.717, 1.165) is 37.3 Å². The molecule has 2 aliphatic heterocycles. The van der Waals surface area contributed by atoms with E-state index in [1.54, 1.807) is 4.90 Å². The lowest BCUT2D eigenvalue weighted by molar-refractivity contribution is -0.122. The van der Waals surface area contributed by atoms with Crippen LogP contribution in [0.25, 0.3) is 0 Å². The smallest absolute Gasteiger partial charge is 0.239 e. The Balaban J connectivity index is 2.01. The molecule has 0 saturated carbocycles. The maximum Gasteiger partial charge on any atom is 0.239 e. The van der Waals surface area contributed by atoms with Crippen LogP contribution in [-0.2, 0) is 10.2 Å². The minimum Gasteiger partial charge on any atom is -0.307 e. The zero-order valence-corrected chi connectivity index (χ0v) is 12.4. The first-order valence-corrected chi connectivity index (χ1v) is 7.49. The lowest BCUT2D eigenvalue weighted by atomic mass is 9.81. The predicted molar refractivity (Wildman–Crippen MR) is 82.3 cm³/mol. The van der Waals surface area contributed by atoms with Crippen LogP contribution in [0.1, 0.15) is 18.9 Å². The SMILES string of the molecule is C=C(CF)CN1C(=O)C2(CCN(CC)C2)c2ccccc21. The van der Waals surface area contributed by atoms with Gasteiger partial charge in [-0.1, -0.05) is 31.7 Å². The number of alkyl halides is 1. The van der Waals surface area contributed by atoms with Gasteiger partial charge in [0.1, 0.15) is 6.67 Å². The molecule has 1 saturated heterocycles. The summed E-state index contributed by atoms with van der Waals surface area (Å²) in [6.07, 6.45) is 0.843. The van der Waals surface area contributed by atoms with Gasteiger partial charge in [0.25, 0.3) is 0 Å². The Hall–Kier alpha value is -1.68. The molecule has 1 fully saturated rings. The van der Waals surface area contributed by atoms with Gasteiger partial charge in [-0.2, -0.15) is 0 Å². The maximum absolute atomic E-state index is 13.0. The second-order valence-electron chi connectivity index (χ2n) is 5.99. The number of carbonyl (C=O) groups is 1. The van der Waals surface area contributed by atoms with Crippen molar-refractivity contribution < 1.29 is 9.18 Å². The summed E-state index contributed by atoms with van der Waals surface area (Å²) >= 11 is 0. The number of likely N-dealkylation sites (tertiary alicyclic amines) is 1. The van der Waals surface area contributed by atoms with Gasteiger partial charge in [0.15, 0.2) is 0 Å². The Morgan fingerprint density at radius 3 is 2.86 bits per heavy atom. The average molecular weight is 288 g/mol. The van der Waals surface area contributed by atoms with Crippen molar-refractivity contribution in [3.8, 4) is 0 Å². The molecule has 112 valence electrons. The molecule has 0 aromatic heterocycles. The Bertz CT molecular complexity index is 586. The van der Waals surface area contributed by atoms with Crippen molar-refractivity contribution in [1.29, 1.82) is 0 Å². The van der Waals surface area contributed by atoms with E-state index < -0.39 is 12.1 Å². The van der Waals surface area contributed by atoms with Gasteiger partial charge in [0.05, 0.1) is 5.41 Å². The molecule has 1 aromatic rings. The zero-order chi connectivity index (χ0) is 15.0. The molecule has 4 heteroatoms. The van der Waals surface area contributed by atoms with Crippen molar-refractivity contribution in [3.63, 3.8) is 0 Å². The van der Waals surface area contributed by atoms with E-state index in [1.165, 1.54) is 0 Å². The van der Waals surface area contributed by atoms with E-state index in [9.17, 15) is 9.18 Å². The molecule has 0 N–H and O–H groups in total. The summed E-state index contributed by atoms with van der Waals surface area (Å²) in [5.74, 6) is 0.106. The van der Waals surface area contributed by atoms with Gasteiger partial charge in [-0.15, -0.1) is 0 Å². The molecule has 1 spiro atoms. The van der Waals surface area contributed by atoms with Gasteiger partial charge < -0.3 is 9.80 Å². The number of amides is 1. The van der Waals surface area contributed by atoms with Gasteiger partial charge in [0.2, 0.25) is 5.91 Å². The summed E-state index contributed by atoms with van der Waals surface area (Å²) in [6, 6.07) is 7.92. The Morgan fingerprint density at radius 1 is 1.43 bits per heavy atom. The normalized spacial score (nSPS) is 24.9. The summed E-state index contributed by atoms with van der Waals surface area (Å²) in [7, 11) is 0. The molecule has 21 heavy (non-hydrogen) atoms. The van der Waals surface area contributed by atoms with Crippen LogP contribution >= 0.6 is 0 Å². The number of likely N-dealkylation sites (N-methyl/N-ethyl adjacent to an activating group) is 1. The number of hydrogen-bond acceptors (Lipinski definition) is 2. The summed E-state index contributed by atoms with van der Waals surface area (Å²) in [6.45, 7) is 8.18. The first-order valence-electron chi connectivity index (χ1n) is 7.49. The molecular formula is C17H21FN2O. The second kappa shape index (κ2) is 5.26. The van der Waals surface area contributed by atoms with E-state index in [1.807, 2.05) is 24.3 Å². The van der Waals surface area contributed by atoms with Crippen LogP contribution in [0, 0.1) is 0 Å². The molecule has 1 atom stereocenters. The Labute approximate surface area is 125 Å². The summed E-state index contributed by atoms with van der Waals surface area (Å²) in [4.78, 5) is 17.1. The van der Waals surface area contributed by atoms with Gasteiger partial charge in [-0.3, -0.25) is 4.79 Å². The number of para-hydroxylation sites is 1. The fourth-order valence-electron chi connectivity index (χ4n) is 3.57. The van der Waals surface area contributed by atoms with Crippen molar-refractivity contribution in [1.82, 2.24) is 4.90 Å². The number of benzene rings is 1. The number of hydrogen-bond donors (Lipinski definition) is 0. The van der Waals surface area contributed by atoms with Crippen molar-refractivity contribution in [2.24, 2.45) is 0 Å². The Morgan fingerprint density at radius 2 is 2.19 bits per heavy atom. The molecule has 3 nitrogen and oxygen atoms in total. The number of carbonyl (C=O) groups excluding carboxylic acids is 1. The van der Waals surface area contributed by atoms with Crippen molar-refractivity contribution in [2.45, 2.75) is 18.8 Å². The molecule has 0 bridgehead atoms. The highest BCUT2D eigenvalue weighted by Crippen LogP contribution is 2.47. The third-order valence-corrected chi connectivity index (χ3v) is 4.73. The second-order valence-corrected chi connectivity index (χ2v) is 5.99. The van der Waals surface area contributed by atoms with Crippen LogP contribution in [0.3, 0.4) is 0 Å². The van der Waals surface area contributed by atoms with Crippen LogP contribution in [-0.4, -0.2) is 43.7 Å². The summed E-state index contributed by atoms with van der Waals surface area (Å²) < 4.78 is 12.8. The number of fused-ring (bicyclic) bond motifs is 2. The molecule has 2 aliphatic rings. The van der Waals surface area contributed by atoms with Crippen LogP contribution in [0.5, 0.6) is 0 Å². The van der Waals surface area contributed by atoms with Gasteiger partial charge in [-0.05, 0) is 36.7 Å². The number of rotatable bonds is 4. The lowest BCUT2D eigenvalue weighted by Crippen LogP contribution is -2.43. The fraction of sp³-hybridized carbons (Fsp3) is 0.471. The fourth-order valence-corrected chi connectivity index (χ4v) is 3.57. The molecule has 0 radical (unpaired) electrons. The highest BCUT2D eigenvalue weighted by molar-refractivity contribution is 6.08. The van der Waals surface area contributed by atoms with E-state index >= 15 is 0 Å². The first kappa shape index (κ1) is 14.3. The van der Waals surface area contributed by atoms with Crippen LogP contribution in [0.4, 0.5) is 10.1 Å². The molecule has 3 rings (SSSR count). The lowest BCUT2D eigenvalue weighted by Gasteiger charge is -2.24. The maximum atomic E-state index is 13.0. The number of halogens is 1. The molecule has 1 unspecified atom stereocenters. The van der Waals surface area contributed by atoms with Crippen LogP contribution < -0.4 is 4.90 Å². The van der Waals surface area contributed by atoms with Crippen LogP contribution in [0.2, 0.25) is 0 Å². The number of nitrogens with zero attached hydrogens (tertiary/aromatic N) is 2. The van der Waals surface area contributed by atoms with Crippen molar-refractivity contribution in [3.05, 3.63) is 42.0 Å². The van der Waals surface area contributed by atoms with Gasteiger partial charge in [0, 0.05) is 18.8 Å². The Kier molecular flexibility index (Phi) is 3.57. The van der Waals surface area contributed by atoms with Crippen molar-refractivity contribution >= 4 is 11.6 Å². The predicted octanol–water partition coefficient (Wildman–Crippen LogP) is 2.52. The van der Waals surface area contributed by atoms with Crippen molar-refractivity contribution in [2.75, 3.05) is 37.8 Å². The molecule has 1 amide bonds. The first-order chi connectivity index (χ1) is 10.1. The standard InChI is InChI=1S/C17H21FN2O/c1-3-19-9-8-17(12-19)14-6-4-5-7-15(14)20(16(17)21)11-13(2)10-18/h4-7H,2-3,8-12H2,1H3. The van der Waals surface area contributed by atoms with Crippen LogP contribution in [0.15, 0.2) is 36.4 Å². The molecule has 1 aromatic carbocycles. The molecule has 2 heterocycles. The van der Waals surface area contributed by atoms with E-state index in [2.05, 4.69) is 18.4 Å². The third kappa shape index (κ3) is 2.09. The van der Waals surface area contributed by atoms with E-state index in [0.29, 0.717) is 5.57 Å². The monoisotopic (exact) mass is 288 g/mol. The van der Waals surface area contributed by atoms with Gasteiger partial charge >= 0.3 is 0 Å². The van der Waals surface area contributed by atoms with E-state index in [-0.39, 0.29) is 12.5 Å². The van der Waals surface area contributed by atoms with Gasteiger partial charge in [-0.25, -0.2) is 4.39 Å². The minimum absolute atomic E-state index is 0.106. The zero-order valence-electron chi connectivity index (χ0n) is 12.4. The highest BCUT2D eigenvalue weighted by Gasteiger charge is 2.53. The summed E-state index contributed by atoms with van der Waals surface area (Å²) in [5.41, 5.74) is 2.02. The highest BCUT2D eigenvalue weighted by atomic mass is 19.1. The molecule has 0 aliphatic carbocycles. The molecular weight excluding hydrogens is 267 g/mol. The average Bonchev–Trinajstić information content (AvgIpc) is 3.05. The minimum atomic E-state index is -0.583.